The van der Waals surface area contributed by atoms with Crippen molar-refractivity contribution >= 4 is 35.5 Å². The fourth-order valence-electron chi connectivity index (χ4n) is 0.171. The van der Waals surface area contributed by atoms with E-state index in [2.05, 4.69) is 4.74 Å². The maximum atomic E-state index is 10.0. The number of methoxy groups -OCH3 is 1. The van der Waals surface area contributed by atoms with Crippen LogP contribution in [0.5, 0.6) is 0 Å². The molecule has 0 aromatic rings. The van der Waals surface area contributed by atoms with Crippen LogP contribution in [0.1, 0.15) is 6.92 Å². The third-order valence-electron chi connectivity index (χ3n) is 0.542. The number of esters is 1. The molecule has 0 fully saturated rings. The number of ether oxygens (including phenoxy) is 1. The van der Waals surface area contributed by atoms with Gasteiger partial charge in [0.15, 0.2) is 0 Å². The summed E-state index contributed by atoms with van der Waals surface area (Å²) in [6.07, 6.45) is -0.995. The molecule has 1 atom stereocenters. The molecule has 4 heteroatoms. The molecule has 1 radical (unpaired) electrons. The fraction of sp³-hybridized carbons (Fsp3) is 0.750. The number of hydrogen-bond acceptors (Lipinski definition) is 3. The van der Waals surface area contributed by atoms with Gasteiger partial charge in [-0.3, -0.25) is 0 Å². The first-order chi connectivity index (χ1) is 3.18. The second-order valence-corrected chi connectivity index (χ2v) is 1.20. The van der Waals surface area contributed by atoms with Crippen LogP contribution in [0.4, 0.5) is 0 Å². The minimum Gasteiger partial charge on any atom is -0.467 e. The Hall–Kier alpha value is 0.430. The predicted molar refractivity (Wildman–Crippen MR) is 29.5 cm³/mol. The third kappa shape index (κ3) is 4.59. The van der Waals surface area contributed by atoms with Crippen molar-refractivity contribution in [3.8, 4) is 0 Å². The molecule has 0 rings (SSSR count). The summed E-state index contributed by atoms with van der Waals surface area (Å²) in [5.41, 5.74) is 0. The average Bonchev–Trinajstić information content (AvgIpc) is 1.65. The summed E-state index contributed by atoms with van der Waals surface area (Å²) in [6, 6.07) is 0. The van der Waals surface area contributed by atoms with Crippen molar-refractivity contribution < 1.29 is 14.6 Å². The van der Waals surface area contributed by atoms with E-state index in [0.717, 1.165) is 0 Å². The molecule has 0 aliphatic heterocycles. The number of rotatable bonds is 1. The van der Waals surface area contributed by atoms with E-state index in [9.17, 15) is 4.79 Å². The van der Waals surface area contributed by atoms with Crippen molar-refractivity contribution in [1.82, 2.24) is 0 Å². The molecule has 0 spiro atoms. The van der Waals surface area contributed by atoms with E-state index >= 15 is 0 Å². The van der Waals surface area contributed by atoms with Gasteiger partial charge in [-0.15, -0.1) is 0 Å². The number of aliphatic hydroxyl groups excluding tert-OH is 1. The summed E-state index contributed by atoms with van der Waals surface area (Å²) >= 11 is 0. The first-order valence-corrected chi connectivity index (χ1v) is 1.94. The molecule has 0 saturated carbocycles. The molecule has 0 aliphatic carbocycles. The minimum atomic E-state index is -0.995. The van der Waals surface area contributed by atoms with Crippen LogP contribution in [0.25, 0.3) is 0 Å². The van der Waals surface area contributed by atoms with Gasteiger partial charge in [-0.25, -0.2) is 4.79 Å². The van der Waals surface area contributed by atoms with Crippen molar-refractivity contribution in [2.45, 2.75) is 13.0 Å². The monoisotopic (exact) mass is 127 g/mol. The number of hydrogen-bond donors (Lipinski definition) is 1. The number of aliphatic hydroxyl groups is 1. The largest absolute Gasteiger partial charge is 0.467 e. The number of carbonyl (C=O) groups is 1. The smallest absolute Gasteiger partial charge is 0.334 e. The van der Waals surface area contributed by atoms with Gasteiger partial charge in [0.1, 0.15) is 6.10 Å². The molecule has 0 bridgehead atoms. The van der Waals surface area contributed by atoms with E-state index in [-0.39, 0.29) is 29.6 Å². The van der Waals surface area contributed by atoms with E-state index in [0.29, 0.717) is 0 Å². The maximum Gasteiger partial charge on any atom is 0.334 e. The van der Waals surface area contributed by atoms with Gasteiger partial charge >= 0.3 is 5.97 Å². The predicted octanol–water partition coefficient (Wildman–Crippen LogP) is -0.841. The molecular formula is C4H8NaO3. The molecule has 3 nitrogen and oxygen atoms in total. The summed E-state index contributed by atoms with van der Waals surface area (Å²) < 4.78 is 4.12. The van der Waals surface area contributed by atoms with E-state index in [1.165, 1.54) is 14.0 Å². The zero-order valence-electron chi connectivity index (χ0n) is 5.34. The van der Waals surface area contributed by atoms with Crippen molar-refractivity contribution in [2.24, 2.45) is 0 Å². The van der Waals surface area contributed by atoms with E-state index < -0.39 is 12.1 Å². The van der Waals surface area contributed by atoms with Gasteiger partial charge in [0.05, 0.1) is 7.11 Å². The fourth-order valence-corrected chi connectivity index (χ4v) is 0.171. The second kappa shape index (κ2) is 5.56. The molecular weight excluding hydrogens is 119 g/mol. The SMILES string of the molecule is COC(=O)C(C)O.[Na]. The molecule has 0 amide bonds. The molecule has 8 heavy (non-hydrogen) atoms. The maximum absolute atomic E-state index is 10.0. The molecule has 1 unspecified atom stereocenters. The van der Waals surface area contributed by atoms with E-state index in [4.69, 9.17) is 5.11 Å². The Morgan fingerprint density at radius 3 is 2.12 bits per heavy atom. The third-order valence-corrected chi connectivity index (χ3v) is 0.542. The van der Waals surface area contributed by atoms with Crippen LogP contribution in [0.3, 0.4) is 0 Å². The first-order valence-electron chi connectivity index (χ1n) is 1.94. The van der Waals surface area contributed by atoms with Crippen molar-refractivity contribution in [1.29, 1.82) is 0 Å². The van der Waals surface area contributed by atoms with E-state index in [1.54, 1.807) is 0 Å². The van der Waals surface area contributed by atoms with Gasteiger partial charge in [-0.2, -0.15) is 0 Å². The van der Waals surface area contributed by atoms with Crippen LogP contribution >= 0.6 is 0 Å². The Morgan fingerprint density at radius 1 is 1.75 bits per heavy atom. The van der Waals surface area contributed by atoms with Gasteiger partial charge in [0.25, 0.3) is 0 Å². The molecule has 0 heterocycles. The summed E-state index contributed by atoms with van der Waals surface area (Å²) in [4.78, 5) is 10.0. The summed E-state index contributed by atoms with van der Waals surface area (Å²) in [5.74, 6) is -0.597. The van der Waals surface area contributed by atoms with Crippen LogP contribution in [0.2, 0.25) is 0 Å². The molecule has 0 aliphatic rings. The van der Waals surface area contributed by atoms with Crippen LogP contribution in [0.15, 0.2) is 0 Å². The molecule has 43 valence electrons. The minimum absolute atomic E-state index is 0. The van der Waals surface area contributed by atoms with Gasteiger partial charge in [-0.05, 0) is 6.92 Å². The average molecular weight is 127 g/mol. The van der Waals surface area contributed by atoms with Crippen molar-refractivity contribution in [3.63, 3.8) is 0 Å². The van der Waals surface area contributed by atoms with Crippen LogP contribution in [0, 0.1) is 0 Å². The summed E-state index contributed by atoms with van der Waals surface area (Å²) in [5, 5.41) is 8.35. The Bertz CT molecular complexity index is 71.7. The van der Waals surface area contributed by atoms with Crippen molar-refractivity contribution in [3.05, 3.63) is 0 Å². The van der Waals surface area contributed by atoms with Crippen LogP contribution in [-0.2, 0) is 9.53 Å². The Kier molecular flexibility index (Phi) is 7.83. The van der Waals surface area contributed by atoms with E-state index in [1.807, 2.05) is 0 Å². The normalized spacial score (nSPS) is 11.4. The number of carbonyl (C=O) groups excluding carboxylic acids is 1. The zero-order chi connectivity index (χ0) is 5.86. The molecule has 0 aromatic carbocycles. The molecule has 0 aromatic heterocycles. The van der Waals surface area contributed by atoms with Gasteiger partial charge in [0, 0.05) is 29.6 Å². The quantitative estimate of drug-likeness (QED) is 0.369. The Balaban J connectivity index is 0. The second-order valence-electron chi connectivity index (χ2n) is 1.20. The summed E-state index contributed by atoms with van der Waals surface area (Å²) in [7, 11) is 1.23. The Morgan fingerprint density at radius 2 is 2.12 bits per heavy atom. The van der Waals surface area contributed by atoms with Crippen LogP contribution in [-0.4, -0.2) is 53.8 Å². The van der Waals surface area contributed by atoms with Gasteiger partial charge in [0.2, 0.25) is 0 Å². The molecule has 0 saturated heterocycles. The zero-order valence-corrected chi connectivity index (χ0v) is 7.34. The topological polar surface area (TPSA) is 46.5 Å². The molecule has 1 N–H and O–H groups in total. The van der Waals surface area contributed by atoms with Crippen molar-refractivity contribution in [2.75, 3.05) is 7.11 Å². The van der Waals surface area contributed by atoms with Crippen LogP contribution < -0.4 is 0 Å². The van der Waals surface area contributed by atoms with Gasteiger partial charge in [-0.1, -0.05) is 0 Å². The van der Waals surface area contributed by atoms with Gasteiger partial charge < -0.3 is 9.84 Å². The Labute approximate surface area is 70.3 Å². The standard InChI is InChI=1S/C4H8O3.Na/c1-3(5)4(6)7-2;/h3,5H,1-2H3;. The first kappa shape index (κ1) is 11.3. The summed E-state index contributed by atoms with van der Waals surface area (Å²) in [6.45, 7) is 1.35.